The van der Waals surface area contributed by atoms with E-state index >= 15 is 0 Å². The second kappa shape index (κ2) is 5.60. The van der Waals surface area contributed by atoms with Crippen molar-refractivity contribution in [2.45, 2.75) is 44.8 Å². The molecule has 2 rings (SSSR count). The van der Waals surface area contributed by atoms with E-state index in [4.69, 9.17) is 0 Å². The summed E-state index contributed by atoms with van der Waals surface area (Å²) in [5.41, 5.74) is 0. The first-order valence-electron chi connectivity index (χ1n) is 6.73. The van der Waals surface area contributed by atoms with Gasteiger partial charge in [0, 0.05) is 38.4 Å². The van der Waals surface area contributed by atoms with E-state index in [0.29, 0.717) is 19.6 Å². The number of imidazole rings is 1. The van der Waals surface area contributed by atoms with Crippen LogP contribution in [0.1, 0.15) is 26.1 Å². The monoisotopic (exact) mass is 286 g/mol. The van der Waals surface area contributed by atoms with Crippen molar-refractivity contribution in [2.24, 2.45) is 0 Å². The third kappa shape index (κ3) is 2.82. The first kappa shape index (κ1) is 14.5. The van der Waals surface area contributed by atoms with Crippen molar-refractivity contribution in [1.82, 2.24) is 19.2 Å². The molecule has 19 heavy (non-hydrogen) atoms. The third-order valence-electron chi connectivity index (χ3n) is 3.43. The summed E-state index contributed by atoms with van der Waals surface area (Å²) < 4.78 is 28.6. The lowest BCUT2D eigenvalue weighted by molar-refractivity contribution is 0.283. The molecule has 7 heteroatoms. The molecule has 0 aliphatic carbocycles. The van der Waals surface area contributed by atoms with Gasteiger partial charge in [-0.15, -0.1) is 0 Å². The zero-order valence-electron chi connectivity index (χ0n) is 11.8. The van der Waals surface area contributed by atoms with Crippen LogP contribution in [-0.2, 0) is 16.6 Å². The van der Waals surface area contributed by atoms with Gasteiger partial charge < -0.3 is 9.88 Å². The minimum absolute atomic E-state index is 0.0321. The number of hydrogen-bond donors (Lipinski definition) is 1. The normalized spacial score (nSPS) is 21.7. The van der Waals surface area contributed by atoms with E-state index in [1.165, 1.54) is 0 Å². The number of nitrogens with one attached hydrogen (secondary N) is 1. The van der Waals surface area contributed by atoms with E-state index < -0.39 is 10.0 Å². The number of piperazine rings is 1. The van der Waals surface area contributed by atoms with Gasteiger partial charge in [0.2, 0.25) is 0 Å². The van der Waals surface area contributed by atoms with E-state index in [1.807, 2.05) is 18.4 Å². The summed E-state index contributed by atoms with van der Waals surface area (Å²) in [6, 6.07) is -0.0321. The van der Waals surface area contributed by atoms with Crippen molar-refractivity contribution in [2.75, 3.05) is 19.6 Å². The van der Waals surface area contributed by atoms with Gasteiger partial charge >= 0.3 is 0 Å². The Balaban J connectivity index is 2.30. The van der Waals surface area contributed by atoms with Gasteiger partial charge in [-0.25, -0.2) is 13.4 Å². The van der Waals surface area contributed by atoms with Gasteiger partial charge in [-0.3, -0.25) is 0 Å². The molecule has 0 saturated carbocycles. The summed E-state index contributed by atoms with van der Waals surface area (Å²) in [5.74, 6) is 0.753. The van der Waals surface area contributed by atoms with Gasteiger partial charge in [0.15, 0.2) is 5.03 Å². The lowest BCUT2D eigenvalue weighted by atomic mass is 10.3. The Morgan fingerprint density at radius 1 is 1.53 bits per heavy atom. The summed E-state index contributed by atoms with van der Waals surface area (Å²) in [6.45, 7) is 8.50. The van der Waals surface area contributed by atoms with Gasteiger partial charge in [-0.05, 0) is 20.3 Å². The molecule has 6 nitrogen and oxygen atoms in total. The van der Waals surface area contributed by atoms with E-state index in [-0.39, 0.29) is 11.1 Å². The second-order valence-corrected chi connectivity index (χ2v) is 6.83. The number of sulfonamides is 1. The maximum absolute atomic E-state index is 12.6. The maximum atomic E-state index is 12.6. The fraction of sp³-hybridized carbons (Fsp3) is 0.750. The molecule has 0 spiro atoms. The summed E-state index contributed by atoms with van der Waals surface area (Å²) in [5, 5.41) is 3.37. The molecule has 0 aromatic carbocycles. The average Bonchev–Trinajstić information content (AvgIpc) is 2.73. The predicted octanol–water partition coefficient (Wildman–Crippen LogP) is 0.584. The number of nitrogens with zero attached hydrogens (tertiary/aromatic N) is 3. The highest BCUT2D eigenvalue weighted by Crippen LogP contribution is 2.19. The molecule has 1 atom stereocenters. The zero-order chi connectivity index (χ0) is 14.0. The topological polar surface area (TPSA) is 67.2 Å². The molecule has 1 N–H and O–H groups in total. The van der Waals surface area contributed by atoms with Gasteiger partial charge in [0.25, 0.3) is 10.0 Å². The summed E-state index contributed by atoms with van der Waals surface area (Å²) >= 11 is 0. The highest BCUT2D eigenvalue weighted by atomic mass is 32.2. The van der Waals surface area contributed by atoms with Crippen molar-refractivity contribution >= 4 is 10.0 Å². The Labute approximate surface area is 114 Å². The molecule has 0 bridgehead atoms. The predicted molar refractivity (Wildman–Crippen MR) is 73.5 cm³/mol. The molecule has 0 amide bonds. The van der Waals surface area contributed by atoms with Gasteiger partial charge in [0.1, 0.15) is 5.82 Å². The SMILES string of the molecule is CCCn1cc(S(=O)(=O)N2CCNC[C@H]2C)nc1C. The van der Waals surface area contributed by atoms with Crippen LogP contribution < -0.4 is 5.32 Å². The van der Waals surface area contributed by atoms with Gasteiger partial charge in [-0.1, -0.05) is 6.92 Å². The minimum atomic E-state index is -3.47. The molecule has 1 fully saturated rings. The Kier molecular flexibility index (Phi) is 4.27. The molecule has 0 radical (unpaired) electrons. The van der Waals surface area contributed by atoms with E-state index in [2.05, 4.69) is 17.2 Å². The standard InChI is InChI=1S/C12H22N4O2S/c1-4-6-15-9-12(14-11(15)3)19(17,18)16-7-5-13-8-10(16)2/h9-10,13H,4-8H2,1-3H3/t10-/m1/s1. The average molecular weight is 286 g/mol. The fourth-order valence-corrected chi connectivity index (χ4v) is 4.00. The highest BCUT2D eigenvalue weighted by Gasteiger charge is 2.32. The Hall–Kier alpha value is -0.920. The number of aromatic nitrogens is 2. The van der Waals surface area contributed by atoms with Crippen molar-refractivity contribution in [3.63, 3.8) is 0 Å². The summed E-state index contributed by atoms with van der Waals surface area (Å²) in [6.07, 6.45) is 2.61. The minimum Gasteiger partial charge on any atom is -0.334 e. The molecule has 1 aliphatic rings. The Morgan fingerprint density at radius 2 is 2.26 bits per heavy atom. The van der Waals surface area contributed by atoms with Gasteiger partial charge in [-0.2, -0.15) is 4.31 Å². The molecule has 1 aromatic heterocycles. The van der Waals surface area contributed by atoms with Crippen LogP contribution in [0.25, 0.3) is 0 Å². The third-order valence-corrected chi connectivity index (χ3v) is 5.32. The Morgan fingerprint density at radius 3 is 2.89 bits per heavy atom. The van der Waals surface area contributed by atoms with Crippen LogP contribution in [0, 0.1) is 6.92 Å². The number of aryl methyl sites for hydroxylation is 2. The van der Waals surface area contributed by atoms with E-state index in [0.717, 1.165) is 18.8 Å². The second-order valence-electron chi connectivity index (χ2n) is 4.99. The zero-order valence-corrected chi connectivity index (χ0v) is 12.6. The van der Waals surface area contributed by atoms with Crippen LogP contribution in [0.4, 0.5) is 0 Å². The molecular formula is C12H22N4O2S. The molecule has 0 unspecified atom stereocenters. The quantitative estimate of drug-likeness (QED) is 0.879. The van der Waals surface area contributed by atoms with Crippen molar-refractivity contribution < 1.29 is 8.42 Å². The van der Waals surface area contributed by atoms with Crippen molar-refractivity contribution in [3.8, 4) is 0 Å². The van der Waals surface area contributed by atoms with Crippen LogP contribution in [-0.4, -0.2) is 48.0 Å². The van der Waals surface area contributed by atoms with Crippen LogP contribution >= 0.6 is 0 Å². The number of hydrogen-bond acceptors (Lipinski definition) is 4. The lowest BCUT2D eigenvalue weighted by Crippen LogP contribution is -2.52. The van der Waals surface area contributed by atoms with Crippen molar-refractivity contribution in [3.05, 3.63) is 12.0 Å². The molecule has 1 saturated heterocycles. The largest absolute Gasteiger partial charge is 0.334 e. The fourth-order valence-electron chi connectivity index (χ4n) is 2.37. The first-order chi connectivity index (χ1) is 8.96. The Bertz CT molecular complexity index is 538. The highest BCUT2D eigenvalue weighted by molar-refractivity contribution is 7.89. The molecule has 2 heterocycles. The molecule has 108 valence electrons. The van der Waals surface area contributed by atoms with E-state index in [1.54, 1.807) is 10.5 Å². The lowest BCUT2D eigenvalue weighted by Gasteiger charge is -2.32. The van der Waals surface area contributed by atoms with Crippen LogP contribution in [0.2, 0.25) is 0 Å². The summed E-state index contributed by atoms with van der Waals surface area (Å²) in [4.78, 5) is 4.22. The summed E-state index contributed by atoms with van der Waals surface area (Å²) in [7, 11) is -3.47. The number of rotatable bonds is 4. The molecule has 1 aromatic rings. The molecule has 1 aliphatic heterocycles. The van der Waals surface area contributed by atoms with Crippen LogP contribution in [0.15, 0.2) is 11.2 Å². The smallest absolute Gasteiger partial charge is 0.262 e. The van der Waals surface area contributed by atoms with Crippen LogP contribution in [0.5, 0.6) is 0 Å². The van der Waals surface area contributed by atoms with E-state index in [9.17, 15) is 8.42 Å². The van der Waals surface area contributed by atoms with Gasteiger partial charge in [0.05, 0.1) is 0 Å². The molecular weight excluding hydrogens is 264 g/mol. The van der Waals surface area contributed by atoms with Crippen LogP contribution in [0.3, 0.4) is 0 Å². The maximum Gasteiger partial charge on any atom is 0.262 e. The first-order valence-corrected chi connectivity index (χ1v) is 8.17. The van der Waals surface area contributed by atoms with Crippen molar-refractivity contribution in [1.29, 1.82) is 0 Å².